The van der Waals surface area contributed by atoms with Crippen molar-refractivity contribution in [1.29, 1.82) is 0 Å². The average Bonchev–Trinajstić information content (AvgIpc) is 3.31. The van der Waals surface area contributed by atoms with Crippen LogP contribution in [0.25, 0.3) is 0 Å². The molecule has 0 aromatic heterocycles. The highest BCUT2D eigenvalue weighted by Gasteiger charge is 2.60. The maximum absolute atomic E-state index is 14.4. The van der Waals surface area contributed by atoms with Gasteiger partial charge in [0.25, 0.3) is 5.91 Å². The Morgan fingerprint density at radius 2 is 1.58 bits per heavy atom. The highest BCUT2D eigenvalue weighted by molar-refractivity contribution is 6.24. The third-order valence-corrected chi connectivity index (χ3v) is 5.79. The maximum Gasteiger partial charge on any atom is 0.266 e. The number of nitrogens with zero attached hydrogens (tertiary/aromatic N) is 2. The van der Waals surface area contributed by atoms with Gasteiger partial charge in [0.05, 0.1) is 17.4 Å². The zero-order chi connectivity index (χ0) is 23.1. The van der Waals surface area contributed by atoms with Crippen molar-refractivity contribution in [1.82, 2.24) is 0 Å². The van der Waals surface area contributed by atoms with E-state index in [2.05, 4.69) is 5.32 Å². The van der Waals surface area contributed by atoms with Gasteiger partial charge < -0.3 is 5.32 Å². The first-order valence-electron chi connectivity index (χ1n) is 10.5. The fourth-order valence-corrected chi connectivity index (χ4v) is 4.39. The van der Waals surface area contributed by atoms with Crippen LogP contribution in [-0.4, -0.2) is 23.8 Å². The molecule has 3 unspecified atom stereocenters. The van der Waals surface area contributed by atoms with E-state index >= 15 is 0 Å². The molecule has 0 saturated carbocycles. The predicted molar refractivity (Wildman–Crippen MR) is 120 cm³/mol. The Balaban J connectivity index is 1.56. The van der Waals surface area contributed by atoms with Gasteiger partial charge in [-0.2, -0.15) is 0 Å². The van der Waals surface area contributed by atoms with Crippen LogP contribution in [0.4, 0.5) is 21.5 Å². The largest absolute Gasteiger partial charge is 0.326 e. The molecular weight excluding hydrogens is 425 g/mol. The Kier molecular flexibility index (Phi) is 5.14. The normalized spacial score (nSPS) is 21.9. The summed E-state index contributed by atoms with van der Waals surface area (Å²) in [4.78, 5) is 45.0. The van der Waals surface area contributed by atoms with Crippen LogP contribution in [0.3, 0.4) is 0 Å². The highest BCUT2D eigenvalue weighted by atomic mass is 19.1. The average molecular weight is 445 g/mol. The number of halogens is 1. The summed E-state index contributed by atoms with van der Waals surface area (Å²) in [6.07, 6.45) is -1.09. The molecule has 1 N–H and O–H groups in total. The molecule has 2 fully saturated rings. The lowest BCUT2D eigenvalue weighted by Gasteiger charge is -2.29. The Morgan fingerprint density at radius 1 is 0.909 bits per heavy atom. The van der Waals surface area contributed by atoms with E-state index < -0.39 is 35.7 Å². The van der Waals surface area contributed by atoms with Crippen LogP contribution < -0.4 is 15.3 Å². The Labute approximate surface area is 189 Å². The summed E-state index contributed by atoms with van der Waals surface area (Å²) in [6.45, 7) is 1.42. The SMILES string of the molecule is CC(=O)Nc1ccc(C2C3C(=O)N(c4ccccc4F)C(=O)C3ON2c2ccccc2)cc1. The Bertz CT molecular complexity index is 1230. The van der Waals surface area contributed by atoms with E-state index in [4.69, 9.17) is 4.84 Å². The van der Waals surface area contributed by atoms with Gasteiger partial charge in [0.1, 0.15) is 11.7 Å². The van der Waals surface area contributed by atoms with Crippen LogP contribution in [0, 0.1) is 11.7 Å². The third-order valence-electron chi connectivity index (χ3n) is 5.79. The van der Waals surface area contributed by atoms with Crippen LogP contribution in [0.1, 0.15) is 18.5 Å². The molecule has 3 aromatic carbocycles. The van der Waals surface area contributed by atoms with Crippen LogP contribution in [0.5, 0.6) is 0 Å². The zero-order valence-electron chi connectivity index (χ0n) is 17.6. The first kappa shape index (κ1) is 20.8. The second kappa shape index (κ2) is 8.14. The lowest BCUT2D eigenvalue weighted by Crippen LogP contribution is -2.37. The maximum atomic E-state index is 14.4. The summed E-state index contributed by atoms with van der Waals surface area (Å²) >= 11 is 0. The first-order chi connectivity index (χ1) is 16.0. The van der Waals surface area contributed by atoms with E-state index in [9.17, 15) is 18.8 Å². The van der Waals surface area contributed by atoms with Crippen LogP contribution >= 0.6 is 0 Å². The number of nitrogens with one attached hydrogen (secondary N) is 1. The van der Waals surface area contributed by atoms with Crippen LogP contribution in [-0.2, 0) is 19.2 Å². The molecule has 2 heterocycles. The van der Waals surface area contributed by atoms with Gasteiger partial charge in [-0.1, -0.05) is 42.5 Å². The number of hydroxylamine groups is 1. The molecule has 0 bridgehead atoms. The number of fused-ring (bicyclic) bond motifs is 1. The van der Waals surface area contributed by atoms with Crippen molar-refractivity contribution >= 4 is 34.8 Å². The number of rotatable bonds is 4. The second-order valence-electron chi connectivity index (χ2n) is 7.92. The second-order valence-corrected chi connectivity index (χ2v) is 7.92. The van der Waals surface area contributed by atoms with E-state index in [1.165, 1.54) is 25.1 Å². The molecule has 166 valence electrons. The number of amides is 3. The molecule has 0 spiro atoms. The molecule has 0 radical (unpaired) electrons. The molecule has 8 heteroatoms. The fourth-order valence-electron chi connectivity index (χ4n) is 4.39. The van der Waals surface area contributed by atoms with Crippen LogP contribution in [0.15, 0.2) is 78.9 Å². The Morgan fingerprint density at radius 3 is 2.24 bits per heavy atom. The quantitative estimate of drug-likeness (QED) is 0.618. The van der Waals surface area contributed by atoms with Crippen molar-refractivity contribution in [3.63, 3.8) is 0 Å². The summed E-state index contributed by atoms with van der Waals surface area (Å²) in [5.74, 6) is -2.85. The molecule has 5 rings (SSSR count). The predicted octanol–water partition coefficient (Wildman–Crippen LogP) is 3.84. The van der Waals surface area contributed by atoms with Crippen LogP contribution in [0.2, 0.25) is 0 Å². The molecule has 0 aliphatic carbocycles. The van der Waals surface area contributed by atoms with Gasteiger partial charge in [-0.25, -0.2) is 14.4 Å². The molecule has 2 aliphatic rings. The van der Waals surface area contributed by atoms with Gasteiger partial charge in [-0.3, -0.25) is 19.2 Å². The van der Waals surface area contributed by atoms with E-state index in [1.807, 2.05) is 30.3 Å². The third kappa shape index (κ3) is 3.54. The van der Waals surface area contributed by atoms with Gasteiger partial charge in [-0.15, -0.1) is 0 Å². The number of hydrogen-bond donors (Lipinski definition) is 1. The van der Waals surface area contributed by atoms with Crippen molar-refractivity contribution in [2.24, 2.45) is 5.92 Å². The van der Waals surface area contributed by atoms with Gasteiger partial charge >= 0.3 is 0 Å². The van der Waals surface area contributed by atoms with Crippen molar-refractivity contribution in [3.8, 4) is 0 Å². The van der Waals surface area contributed by atoms with E-state index in [0.29, 0.717) is 11.4 Å². The van der Waals surface area contributed by atoms with Crippen molar-refractivity contribution < 1.29 is 23.6 Å². The highest BCUT2D eigenvalue weighted by Crippen LogP contribution is 2.47. The van der Waals surface area contributed by atoms with Crippen molar-refractivity contribution in [2.75, 3.05) is 15.3 Å². The molecule has 2 saturated heterocycles. The van der Waals surface area contributed by atoms with Gasteiger partial charge in [0.15, 0.2) is 6.10 Å². The van der Waals surface area contributed by atoms with Gasteiger partial charge in [0, 0.05) is 12.6 Å². The number of anilines is 3. The topological polar surface area (TPSA) is 79.0 Å². The fraction of sp³-hybridized carbons (Fsp3) is 0.160. The van der Waals surface area contributed by atoms with Crippen molar-refractivity contribution in [2.45, 2.75) is 19.1 Å². The molecule has 2 aliphatic heterocycles. The zero-order valence-corrected chi connectivity index (χ0v) is 17.6. The molecule has 3 atom stereocenters. The lowest BCUT2D eigenvalue weighted by atomic mass is 9.90. The number of para-hydroxylation sites is 2. The van der Waals surface area contributed by atoms with Crippen molar-refractivity contribution in [3.05, 3.63) is 90.2 Å². The van der Waals surface area contributed by atoms with Gasteiger partial charge in [0.2, 0.25) is 11.8 Å². The molecular formula is C25H20FN3O4. The molecule has 3 aromatic rings. The minimum atomic E-state index is -1.09. The number of imide groups is 1. The smallest absolute Gasteiger partial charge is 0.266 e. The minimum absolute atomic E-state index is 0.0866. The summed E-state index contributed by atoms with van der Waals surface area (Å²) < 4.78 is 14.4. The summed E-state index contributed by atoms with van der Waals surface area (Å²) in [5, 5.41) is 4.27. The minimum Gasteiger partial charge on any atom is -0.326 e. The summed E-state index contributed by atoms with van der Waals surface area (Å²) in [5.41, 5.74) is 1.92. The molecule has 7 nitrogen and oxygen atoms in total. The number of benzene rings is 3. The number of hydrogen-bond acceptors (Lipinski definition) is 5. The number of carbonyl (C=O) groups excluding carboxylic acids is 3. The van der Waals surface area contributed by atoms with E-state index in [0.717, 1.165) is 10.5 Å². The van der Waals surface area contributed by atoms with E-state index in [-0.39, 0.29) is 11.6 Å². The Hall–Kier alpha value is -4.04. The molecule has 33 heavy (non-hydrogen) atoms. The standard InChI is InChI=1S/C25H20FN3O4/c1-15(30)27-17-13-11-16(12-14-17)22-21-23(33-29(22)18-7-3-2-4-8-18)25(32)28(24(21)31)20-10-6-5-9-19(20)26/h2-14,21-23H,1H3,(H,27,30). The van der Waals surface area contributed by atoms with E-state index in [1.54, 1.807) is 35.4 Å². The monoisotopic (exact) mass is 445 g/mol. The molecule has 3 amide bonds. The summed E-state index contributed by atoms with van der Waals surface area (Å²) in [7, 11) is 0. The number of carbonyl (C=O) groups is 3. The lowest BCUT2D eigenvalue weighted by molar-refractivity contribution is -0.126. The van der Waals surface area contributed by atoms with Gasteiger partial charge in [-0.05, 0) is 42.0 Å². The summed E-state index contributed by atoms with van der Waals surface area (Å²) in [6, 6.07) is 21.2. The first-order valence-corrected chi connectivity index (χ1v) is 10.5.